The third kappa shape index (κ3) is 4.64. The van der Waals surface area contributed by atoms with Gasteiger partial charge >= 0.3 is 0 Å². The van der Waals surface area contributed by atoms with E-state index in [4.69, 9.17) is 16.4 Å². The predicted octanol–water partition coefficient (Wildman–Crippen LogP) is 2.33. The highest BCUT2D eigenvalue weighted by molar-refractivity contribution is 7.74. The lowest BCUT2D eigenvalue weighted by atomic mass is 10.2. The van der Waals surface area contributed by atoms with Gasteiger partial charge in [-0.1, -0.05) is 28.8 Å². The summed E-state index contributed by atoms with van der Waals surface area (Å²) < 4.78 is 15.3. The highest BCUT2D eigenvalue weighted by Crippen LogP contribution is 2.43. The first kappa shape index (κ1) is 23.0. The molecule has 0 saturated carbocycles. The van der Waals surface area contributed by atoms with E-state index in [2.05, 4.69) is 15.3 Å². The number of fused-ring (bicyclic) bond motifs is 1. The van der Waals surface area contributed by atoms with Gasteiger partial charge in [0.2, 0.25) is 12.4 Å². The van der Waals surface area contributed by atoms with Gasteiger partial charge in [0.1, 0.15) is 18.5 Å². The third-order valence-corrected chi connectivity index (χ3v) is 7.45. The molecule has 4 rings (SSSR count). The molecule has 0 spiro atoms. The van der Waals surface area contributed by atoms with Gasteiger partial charge in [-0.25, -0.2) is 4.98 Å². The van der Waals surface area contributed by atoms with Gasteiger partial charge in [-0.15, -0.1) is 0 Å². The highest BCUT2D eigenvalue weighted by atomic mass is 35.5. The standard InChI is InChI=1S/C23H22ClN4O4P/c1-14-8-15(2)10-18(9-14)33(30,31)22-19-11-16(24)4-5-20(19)27-21(22)23(29)26-12-17-13-28(32-3)7-6-25-17/h4-11,13H,12H2,1-3H3,(H2-,26,27,29,30,31)/p+1. The van der Waals surface area contributed by atoms with Crippen LogP contribution in [-0.4, -0.2) is 27.9 Å². The smallest absolute Gasteiger partial charge is 0.268 e. The molecule has 10 heteroatoms. The highest BCUT2D eigenvalue weighted by Gasteiger charge is 2.34. The molecule has 3 N–H and O–H groups in total. The van der Waals surface area contributed by atoms with Crippen LogP contribution < -0.4 is 25.5 Å². The lowest BCUT2D eigenvalue weighted by Crippen LogP contribution is -2.41. The summed E-state index contributed by atoms with van der Waals surface area (Å²) in [5.41, 5.74) is 2.80. The van der Waals surface area contributed by atoms with Crippen molar-refractivity contribution in [1.82, 2.24) is 15.3 Å². The van der Waals surface area contributed by atoms with Crippen LogP contribution in [0, 0.1) is 13.8 Å². The van der Waals surface area contributed by atoms with E-state index in [0.717, 1.165) is 11.1 Å². The van der Waals surface area contributed by atoms with Gasteiger partial charge in [-0.2, -0.15) is 0 Å². The van der Waals surface area contributed by atoms with Crippen molar-refractivity contribution in [3.05, 3.63) is 82.5 Å². The van der Waals surface area contributed by atoms with Gasteiger partial charge in [-0.05, 0) is 44.2 Å². The summed E-state index contributed by atoms with van der Waals surface area (Å²) in [5, 5.41) is 3.86. The lowest BCUT2D eigenvalue weighted by Gasteiger charge is -2.15. The van der Waals surface area contributed by atoms with Crippen LogP contribution in [-0.2, 0) is 11.1 Å². The monoisotopic (exact) mass is 485 g/mol. The van der Waals surface area contributed by atoms with E-state index in [-0.39, 0.29) is 22.8 Å². The SMILES string of the molecule is CO[n+]1ccnc(CNC(=O)c2[nH]c3ccc(Cl)cc3c2P(=O)(O)c2cc(C)cc(C)c2)c1. The number of benzene rings is 2. The maximum absolute atomic E-state index is 13.9. The summed E-state index contributed by atoms with van der Waals surface area (Å²) in [5.74, 6) is -0.536. The number of aryl methyl sites for hydroxylation is 2. The fraction of sp³-hybridized carbons (Fsp3) is 0.174. The molecular formula is C23H23ClN4O4P+. The molecule has 33 heavy (non-hydrogen) atoms. The Kier molecular flexibility index (Phi) is 6.26. The molecule has 0 saturated heterocycles. The number of hydrogen-bond donors (Lipinski definition) is 3. The van der Waals surface area contributed by atoms with Gasteiger partial charge < -0.3 is 15.2 Å². The summed E-state index contributed by atoms with van der Waals surface area (Å²) in [6.07, 6.45) is 4.79. The topological polar surface area (TPSA) is 108 Å². The Hall–Kier alpha value is -3.19. The molecule has 1 amide bonds. The second kappa shape index (κ2) is 8.98. The number of hydrogen-bond acceptors (Lipinski definition) is 4. The summed E-state index contributed by atoms with van der Waals surface area (Å²) in [6.45, 7) is 3.81. The zero-order valence-corrected chi connectivity index (χ0v) is 19.9. The van der Waals surface area contributed by atoms with Gasteiger partial charge in [0.15, 0.2) is 0 Å². The number of H-pyrrole nitrogens is 1. The molecule has 170 valence electrons. The van der Waals surface area contributed by atoms with Crippen molar-refractivity contribution in [2.45, 2.75) is 20.4 Å². The second-order valence-corrected chi connectivity index (χ2v) is 10.3. The normalized spacial score (nSPS) is 13.0. The first-order valence-corrected chi connectivity index (χ1v) is 12.1. The Morgan fingerprint density at radius 1 is 1.24 bits per heavy atom. The molecule has 0 aliphatic heterocycles. The molecule has 8 nitrogen and oxygen atoms in total. The Morgan fingerprint density at radius 3 is 2.67 bits per heavy atom. The van der Waals surface area contributed by atoms with Crippen LogP contribution in [0.4, 0.5) is 0 Å². The molecule has 0 bridgehead atoms. The summed E-state index contributed by atoms with van der Waals surface area (Å²) in [7, 11) is -2.65. The molecule has 0 aliphatic rings. The van der Waals surface area contributed by atoms with Crippen molar-refractivity contribution >= 4 is 46.4 Å². The number of amides is 1. The number of carbonyl (C=O) groups excluding carboxylic acids is 1. The summed E-state index contributed by atoms with van der Waals surface area (Å²) in [6, 6.07) is 10.2. The fourth-order valence-electron chi connectivity index (χ4n) is 3.77. The first-order chi connectivity index (χ1) is 15.7. The fourth-order valence-corrected chi connectivity index (χ4v) is 5.93. The zero-order chi connectivity index (χ0) is 23.8. The number of aromatic nitrogens is 3. The molecule has 1 unspecified atom stereocenters. The van der Waals surface area contributed by atoms with E-state index in [0.29, 0.717) is 21.6 Å². The van der Waals surface area contributed by atoms with E-state index in [9.17, 15) is 14.3 Å². The van der Waals surface area contributed by atoms with Crippen LogP contribution in [0.5, 0.6) is 0 Å². The number of aromatic amines is 1. The van der Waals surface area contributed by atoms with Crippen LogP contribution in [0.25, 0.3) is 10.9 Å². The third-order valence-electron chi connectivity index (χ3n) is 5.19. The quantitative estimate of drug-likeness (QED) is 0.287. The number of halogens is 1. The van der Waals surface area contributed by atoms with Crippen molar-refractivity contribution in [2.24, 2.45) is 0 Å². The minimum Gasteiger partial charge on any atom is -0.350 e. The number of nitrogens with zero attached hydrogens (tertiary/aromatic N) is 2. The maximum Gasteiger partial charge on any atom is 0.268 e. The molecule has 0 fully saturated rings. The van der Waals surface area contributed by atoms with Crippen LogP contribution in [0.2, 0.25) is 5.02 Å². The molecule has 2 heterocycles. The zero-order valence-electron chi connectivity index (χ0n) is 18.3. The number of nitrogens with one attached hydrogen (secondary N) is 2. The van der Waals surface area contributed by atoms with Gasteiger partial charge in [0.25, 0.3) is 13.3 Å². The molecular weight excluding hydrogens is 463 g/mol. The largest absolute Gasteiger partial charge is 0.350 e. The Balaban J connectivity index is 1.79. The second-order valence-electron chi connectivity index (χ2n) is 7.73. The Labute approximate surface area is 195 Å². The van der Waals surface area contributed by atoms with E-state index < -0.39 is 13.3 Å². The Morgan fingerprint density at radius 2 is 1.97 bits per heavy atom. The van der Waals surface area contributed by atoms with Crippen molar-refractivity contribution in [3.63, 3.8) is 0 Å². The van der Waals surface area contributed by atoms with Crippen molar-refractivity contribution in [3.8, 4) is 0 Å². The average Bonchev–Trinajstić information content (AvgIpc) is 3.16. The molecule has 1 atom stereocenters. The lowest BCUT2D eigenvalue weighted by molar-refractivity contribution is -0.886. The average molecular weight is 486 g/mol. The molecule has 4 aromatic rings. The minimum absolute atomic E-state index is 0.00723. The van der Waals surface area contributed by atoms with Crippen molar-refractivity contribution < 1.29 is 23.8 Å². The van der Waals surface area contributed by atoms with E-state index in [1.54, 1.807) is 48.9 Å². The summed E-state index contributed by atoms with van der Waals surface area (Å²) in [4.78, 5) is 36.8. The van der Waals surface area contributed by atoms with Crippen LogP contribution in [0.3, 0.4) is 0 Å². The maximum atomic E-state index is 13.9. The van der Waals surface area contributed by atoms with Crippen LogP contribution >= 0.6 is 19.0 Å². The Bertz CT molecular complexity index is 1400. The number of carbonyl (C=O) groups is 1. The molecule has 0 aliphatic carbocycles. The predicted molar refractivity (Wildman–Crippen MR) is 126 cm³/mol. The summed E-state index contributed by atoms with van der Waals surface area (Å²) >= 11 is 6.19. The van der Waals surface area contributed by atoms with E-state index in [1.165, 1.54) is 11.8 Å². The first-order valence-electron chi connectivity index (χ1n) is 10.1. The van der Waals surface area contributed by atoms with Gasteiger partial charge in [-0.3, -0.25) is 14.2 Å². The van der Waals surface area contributed by atoms with Gasteiger partial charge in [0.05, 0.1) is 18.0 Å². The van der Waals surface area contributed by atoms with Crippen molar-refractivity contribution in [2.75, 3.05) is 7.11 Å². The van der Waals surface area contributed by atoms with Crippen molar-refractivity contribution in [1.29, 1.82) is 0 Å². The van der Waals surface area contributed by atoms with E-state index in [1.807, 2.05) is 19.9 Å². The molecule has 0 radical (unpaired) electrons. The van der Waals surface area contributed by atoms with Crippen LogP contribution in [0.15, 0.2) is 55.0 Å². The minimum atomic E-state index is -4.16. The van der Waals surface area contributed by atoms with Crippen LogP contribution in [0.1, 0.15) is 27.3 Å². The van der Waals surface area contributed by atoms with Gasteiger partial charge in [0, 0.05) is 26.0 Å². The molecule has 2 aromatic heterocycles. The van der Waals surface area contributed by atoms with E-state index >= 15 is 0 Å². The molecule has 2 aromatic carbocycles. The number of rotatable bonds is 6.